The van der Waals surface area contributed by atoms with Crippen LogP contribution in [0.4, 0.5) is 0 Å². The van der Waals surface area contributed by atoms with E-state index in [1.807, 2.05) is 11.8 Å². The molecule has 0 rings (SSSR count). The van der Waals surface area contributed by atoms with Crippen molar-refractivity contribution >= 4 is 21.4 Å². The lowest BCUT2D eigenvalue weighted by molar-refractivity contribution is 0.441. The fourth-order valence-corrected chi connectivity index (χ4v) is 3.40. The van der Waals surface area contributed by atoms with E-state index in [0.29, 0.717) is 0 Å². The van der Waals surface area contributed by atoms with Crippen LogP contribution in [0.25, 0.3) is 0 Å². The van der Waals surface area contributed by atoms with Gasteiger partial charge in [0.05, 0.1) is 9.68 Å². The van der Waals surface area contributed by atoms with E-state index in [4.69, 9.17) is 0 Å². The summed E-state index contributed by atoms with van der Waals surface area (Å²) >= 11 is 1.96. The molecule has 0 N–H and O–H groups in total. The van der Waals surface area contributed by atoms with Gasteiger partial charge < -0.3 is 4.57 Å². The molecule has 0 saturated carbocycles. The predicted molar refractivity (Wildman–Crippen MR) is 54.6 cm³/mol. The maximum Gasteiger partial charge on any atom is 0.0958 e. The van der Waals surface area contributed by atoms with E-state index < -0.39 is 0 Å². The van der Waals surface area contributed by atoms with E-state index in [1.165, 1.54) is 11.8 Å². The largest absolute Gasteiger partial charge is 0.330 e. The van der Waals surface area contributed by atoms with E-state index in [9.17, 15) is 0 Å². The Hall–Kier alpha value is 0.527. The highest BCUT2D eigenvalue weighted by Crippen LogP contribution is 1.98. The van der Waals surface area contributed by atoms with Crippen molar-refractivity contribution < 1.29 is 0 Å². The second-order valence-electron chi connectivity index (χ2n) is 2.92. The summed E-state index contributed by atoms with van der Waals surface area (Å²) in [6, 6.07) is 2.21. The molecule has 0 aliphatic rings. The fourth-order valence-electron chi connectivity index (χ4n) is 0.716. The Balaban J connectivity index is 3.13. The minimum Gasteiger partial charge on any atom is -0.330 e. The van der Waals surface area contributed by atoms with E-state index >= 15 is 0 Å². The Labute approximate surface area is 71.5 Å². The molecule has 0 radical (unpaired) electrons. The topological polar surface area (TPSA) is 3.24 Å². The van der Waals surface area contributed by atoms with Gasteiger partial charge in [0.1, 0.15) is 0 Å². The molecule has 0 amide bonds. The van der Waals surface area contributed by atoms with Crippen molar-refractivity contribution in [1.29, 1.82) is 0 Å². The lowest BCUT2D eigenvalue weighted by Gasteiger charge is -2.19. The van der Waals surface area contributed by atoms with E-state index in [0.717, 1.165) is 6.04 Å². The second-order valence-corrected chi connectivity index (χ2v) is 6.06. The first-order valence-electron chi connectivity index (χ1n) is 3.87. The molecule has 0 fully saturated rings. The molecule has 10 heavy (non-hydrogen) atoms. The van der Waals surface area contributed by atoms with Gasteiger partial charge in [0.25, 0.3) is 0 Å². The van der Waals surface area contributed by atoms with Crippen LogP contribution in [0.3, 0.4) is 0 Å². The summed E-state index contributed by atoms with van der Waals surface area (Å²) in [4.78, 5) is 0. The molecule has 0 aliphatic heterocycles. The average molecular weight is 177 g/mol. The molecular formula is C7H19NSSi. The standard InChI is InChI=1S/C7H19NSSi/c1-7(2)8(3)10-6-5-9-4/h7H,5-6,10H2,1-4H3. The molecule has 0 atom stereocenters. The molecule has 0 aromatic carbocycles. The summed E-state index contributed by atoms with van der Waals surface area (Å²) in [5.41, 5.74) is 0. The van der Waals surface area contributed by atoms with Crippen LogP contribution in [-0.2, 0) is 0 Å². The third-order valence-electron chi connectivity index (χ3n) is 1.74. The minimum atomic E-state index is 0.0897. The molecule has 0 heterocycles. The summed E-state index contributed by atoms with van der Waals surface area (Å²) < 4.78 is 2.52. The summed E-state index contributed by atoms with van der Waals surface area (Å²) in [5, 5.41) is 0. The summed E-state index contributed by atoms with van der Waals surface area (Å²) in [6.07, 6.45) is 2.18. The van der Waals surface area contributed by atoms with Gasteiger partial charge in [0.15, 0.2) is 0 Å². The molecular weight excluding hydrogens is 158 g/mol. The van der Waals surface area contributed by atoms with Crippen LogP contribution >= 0.6 is 11.8 Å². The van der Waals surface area contributed by atoms with Crippen LogP contribution in [0.1, 0.15) is 13.8 Å². The summed E-state index contributed by atoms with van der Waals surface area (Å²) in [6.45, 7) is 4.54. The van der Waals surface area contributed by atoms with E-state index in [2.05, 4.69) is 31.7 Å². The van der Waals surface area contributed by atoms with Crippen LogP contribution in [0, 0.1) is 0 Å². The van der Waals surface area contributed by atoms with Gasteiger partial charge in [-0.1, -0.05) is 13.8 Å². The number of hydrogen-bond acceptors (Lipinski definition) is 2. The molecule has 62 valence electrons. The third-order valence-corrected chi connectivity index (χ3v) is 5.06. The van der Waals surface area contributed by atoms with Crippen molar-refractivity contribution in [1.82, 2.24) is 4.57 Å². The van der Waals surface area contributed by atoms with Crippen molar-refractivity contribution in [3.05, 3.63) is 0 Å². The maximum atomic E-state index is 2.52. The summed E-state index contributed by atoms with van der Waals surface area (Å²) in [7, 11) is 2.34. The first kappa shape index (κ1) is 10.5. The first-order chi connectivity index (χ1) is 4.68. The van der Waals surface area contributed by atoms with Crippen LogP contribution in [0.5, 0.6) is 0 Å². The highest BCUT2D eigenvalue weighted by atomic mass is 32.2. The number of thioether (sulfide) groups is 1. The number of nitrogens with zero attached hydrogens (tertiary/aromatic N) is 1. The van der Waals surface area contributed by atoms with Crippen molar-refractivity contribution in [2.45, 2.75) is 25.9 Å². The summed E-state index contributed by atoms with van der Waals surface area (Å²) in [5.74, 6) is 1.35. The zero-order chi connectivity index (χ0) is 7.98. The van der Waals surface area contributed by atoms with Gasteiger partial charge in [-0.2, -0.15) is 11.8 Å². The SMILES string of the molecule is CSCC[SiH2]N(C)C(C)C. The van der Waals surface area contributed by atoms with Gasteiger partial charge in [0, 0.05) is 0 Å². The van der Waals surface area contributed by atoms with Gasteiger partial charge >= 0.3 is 0 Å². The number of hydrogen-bond donors (Lipinski definition) is 0. The highest BCUT2D eigenvalue weighted by molar-refractivity contribution is 7.98. The maximum absolute atomic E-state index is 2.52. The van der Waals surface area contributed by atoms with Crippen LogP contribution in [-0.4, -0.2) is 39.3 Å². The molecule has 0 bridgehead atoms. The van der Waals surface area contributed by atoms with Crippen molar-refractivity contribution in [2.24, 2.45) is 0 Å². The van der Waals surface area contributed by atoms with Gasteiger partial charge in [-0.05, 0) is 31.1 Å². The highest BCUT2D eigenvalue weighted by Gasteiger charge is 2.01. The second kappa shape index (κ2) is 6.25. The van der Waals surface area contributed by atoms with Crippen molar-refractivity contribution in [3.63, 3.8) is 0 Å². The quantitative estimate of drug-likeness (QED) is 0.458. The normalized spacial score (nSPS) is 12.6. The predicted octanol–water partition coefficient (Wildman–Crippen LogP) is 1.19. The van der Waals surface area contributed by atoms with Crippen LogP contribution in [0.2, 0.25) is 6.04 Å². The average Bonchev–Trinajstić information content (AvgIpc) is 1.88. The zero-order valence-corrected chi connectivity index (χ0v) is 9.78. The smallest absolute Gasteiger partial charge is 0.0958 e. The van der Waals surface area contributed by atoms with Gasteiger partial charge in [0.2, 0.25) is 0 Å². The Kier molecular flexibility index (Phi) is 6.58. The monoisotopic (exact) mass is 177 g/mol. The van der Waals surface area contributed by atoms with Gasteiger partial charge in [-0.15, -0.1) is 0 Å². The lowest BCUT2D eigenvalue weighted by Crippen LogP contribution is -2.30. The molecule has 3 heteroatoms. The lowest BCUT2D eigenvalue weighted by atomic mass is 10.4. The van der Waals surface area contributed by atoms with Crippen molar-refractivity contribution in [3.8, 4) is 0 Å². The fraction of sp³-hybridized carbons (Fsp3) is 1.00. The van der Waals surface area contributed by atoms with E-state index in [1.54, 1.807) is 0 Å². The molecule has 0 unspecified atom stereocenters. The molecule has 0 spiro atoms. The molecule has 0 aromatic rings. The minimum absolute atomic E-state index is 0.0897. The Morgan fingerprint density at radius 2 is 2.10 bits per heavy atom. The first-order valence-corrected chi connectivity index (χ1v) is 6.90. The van der Waals surface area contributed by atoms with Gasteiger partial charge in [-0.3, -0.25) is 0 Å². The number of rotatable bonds is 5. The molecule has 0 saturated heterocycles. The van der Waals surface area contributed by atoms with Crippen molar-refractivity contribution in [2.75, 3.05) is 19.1 Å². The van der Waals surface area contributed by atoms with Crippen LogP contribution in [0.15, 0.2) is 0 Å². The molecule has 0 aromatic heterocycles. The zero-order valence-electron chi connectivity index (χ0n) is 7.55. The molecule has 0 aliphatic carbocycles. The van der Waals surface area contributed by atoms with Crippen LogP contribution < -0.4 is 0 Å². The molecule has 1 nitrogen and oxygen atoms in total. The Morgan fingerprint density at radius 3 is 2.50 bits per heavy atom. The Bertz CT molecular complexity index is 78.0. The van der Waals surface area contributed by atoms with Gasteiger partial charge in [-0.25, -0.2) is 0 Å². The Morgan fingerprint density at radius 1 is 1.50 bits per heavy atom. The van der Waals surface area contributed by atoms with E-state index in [-0.39, 0.29) is 9.68 Å². The third kappa shape index (κ3) is 5.32.